The second-order valence-electron chi connectivity index (χ2n) is 8.81. The quantitative estimate of drug-likeness (QED) is 0.503. The van der Waals surface area contributed by atoms with Crippen molar-refractivity contribution < 1.29 is 14.3 Å². The SMILES string of the molecule is COc1ccc(CNC(=O)CCc2c(C)nn(-c3ccc(N4CCCCC4)nn3)c2C)c(OC)c1. The molecule has 35 heavy (non-hydrogen) atoms. The number of nitrogens with zero attached hydrogens (tertiary/aromatic N) is 5. The van der Waals surface area contributed by atoms with Crippen LogP contribution in [-0.4, -0.2) is 53.2 Å². The van der Waals surface area contributed by atoms with Gasteiger partial charge in [-0.05, 0) is 69.4 Å². The molecule has 0 spiro atoms. The first-order chi connectivity index (χ1) is 17.0. The van der Waals surface area contributed by atoms with Crippen LogP contribution < -0.4 is 19.7 Å². The van der Waals surface area contributed by atoms with E-state index in [1.807, 2.05) is 48.9 Å². The van der Waals surface area contributed by atoms with Gasteiger partial charge in [0.25, 0.3) is 0 Å². The first-order valence-electron chi connectivity index (χ1n) is 12.1. The highest BCUT2D eigenvalue weighted by Crippen LogP contribution is 2.25. The molecule has 0 unspecified atom stereocenters. The minimum absolute atomic E-state index is 0.0277. The molecular weight excluding hydrogens is 444 g/mol. The third-order valence-corrected chi connectivity index (χ3v) is 6.55. The minimum Gasteiger partial charge on any atom is -0.497 e. The van der Waals surface area contributed by atoms with Crippen LogP contribution in [0.4, 0.5) is 5.82 Å². The zero-order chi connectivity index (χ0) is 24.8. The molecular formula is C26H34N6O3. The van der Waals surface area contributed by atoms with Gasteiger partial charge >= 0.3 is 0 Å². The van der Waals surface area contributed by atoms with Crippen LogP contribution in [0, 0.1) is 13.8 Å². The Labute approximate surface area is 206 Å². The number of anilines is 1. The van der Waals surface area contributed by atoms with E-state index in [2.05, 4.69) is 25.5 Å². The molecule has 0 atom stereocenters. The number of nitrogens with one attached hydrogen (secondary N) is 1. The molecule has 186 valence electrons. The molecule has 4 rings (SSSR count). The van der Waals surface area contributed by atoms with E-state index in [4.69, 9.17) is 9.47 Å². The normalized spacial score (nSPS) is 13.5. The highest BCUT2D eigenvalue weighted by Gasteiger charge is 2.17. The van der Waals surface area contributed by atoms with Gasteiger partial charge in [-0.1, -0.05) is 0 Å². The fourth-order valence-corrected chi connectivity index (χ4v) is 4.50. The highest BCUT2D eigenvalue weighted by atomic mass is 16.5. The first-order valence-corrected chi connectivity index (χ1v) is 12.1. The second-order valence-corrected chi connectivity index (χ2v) is 8.81. The van der Waals surface area contributed by atoms with Crippen molar-refractivity contribution in [3.8, 4) is 17.3 Å². The summed E-state index contributed by atoms with van der Waals surface area (Å²) < 4.78 is 12.5. The summed E-state index contributed by atoms with van der Waals surface area (Å²) in [5.74, 6) is 2.98. The summed E-state index contributed by atoms with van der Waals surface area (Å²) in [6, 6.07) is 9.55. The molecule has 0 saturated carbocycles. The van der Waals surface area contributed by atoms with Gasteiger partial charge in [-0.15, -0.1) is 10.2 Å². The van der Waals surface area contributed by atoms with E-state index in [0.717, 1.165) is 41.4 Å². The summed E-state index contributed by atoms with van der Waals surface area (Å²) in [5, 5.41) is 16.5. The Hall–Kier alpha value is -3.62. The number of methoxy groups -OCH3 is 2. The number of rotatable bonds is 9. The van der Waals surface area contributed by atoms with Gasteiger partial charge in [0.2, 0.25) is 5.91 Å². The van der Waals surface area contributed by atoms with Gasteiger partial charge < -0.3 is 19.7 Å². The molecule has 1 fully saturated rings. The van der Waals surface area contributed by atoms with Gasteiger partial charge in [-0.25, -0.2) is 4.68 Å². The Bertz CT molecular complexity index is 1150. The average molecular weight is 479 g/mol. The highest BCUT2D eigenvalue weighted by molar-refractivity contribution is 5.76. The predicted octanol–water partition coefficient (Wildman–Crippen LogP) is 3.54. The van der Waals surface area contributed by atoms with E-state index >= 15 is 0 Å². The van der Waals surface area contributed by atoms with Crippen molar-refractivity contribution in [3.63, 3.8) is 0 Å². The molecule has 1 N–H and O–H groups in total. The van der Waals surface area contributed by atoms with E-state index in [-0.39, 0.29) is 5.91 Å². The molecule has 1 aliphatic heterocycles. The third kappa shape index (κ3) is 5.72. The van der Waals surface area contributed by atoms with Crippen molar-refractivity contribution in [1.82, 2.24) is 25.3 Å². The number of carbonyl (C=O) groups excluding carboxylic acids is 1. The maximum absolute atomic E-state index is 12.6. The number of amides is 1. The van der Waals surface area contributed by atoms with Crippen molar-refractivity contribution in [3.05, 3.63) is 52.8 Å². The summed E-state index contributed by atoms with van der Waals surface area (Å²) in [6.07, 6.45) is 4.65. The molecule has 1 aliphatic rings. The monoisotopic (exact) mass is 478 g/mol. The number of benzene rings is 1. The fourth-order valence-electron chi connectivity index (χ4n) is 4.50. The van der Waals surface area contributed by atoms with E-state index in [1.54, 1.807) is 14.2 Å². The summed E-state index contributed by atoms with van der Waals surface area (Å²) in [4.78, 5) is 14.9. The summed E-state index contributed by atoms with van der Waals surface area (Å²) in [7, 11) is 3.22. The van der Waals surface area contributed by atoms with E-state index in [1.165, 1.54) is 19.3 Å². The third-order valence-electron chi connectivity index (χ3n) is 6.55. The van der Waals surface area contributed by atoms with Crippen LogP contribution >= 0.6 is 0 Å². The maximum Gasteiger partial charge on any atom is 0.220 e. The first kappa shape index (κ1) is 24.5. The lowest BCUT2D eigenvalue weighted by Crippen LogP contribution is -2.30. The van der Waals surface area contributed by atoms with Gasteiger partial charge in [0.1, 0.15) is 11.5 Å². The predicted molar refractivity (Wildman–Crippen MR) is 134 cm³/mol. The molecule has 3 aromatic rings. The Balaban J connectivity index is 1.36. The minimum atomic E-state index is -0.0277. The zero-order valence-corrected chi connectivity index (χ0v) is 21.0. The second kappa shape index (κ2) is 11.2. The molecule has 1 aromatic carbocycles. The van der Waals surface area contributed by atoms with E-state index in [0.29, 0.717) is 36.7 Å². The molecule has 2 aromatic heterocycles. The molecule has 1 amide bonds. The molecule has 9 nitrogen and oxygen atoms in total. The fraction of sp³-hybridized carbons (Fsp3) is 0.462. The van der Waals surface area contributed by atoms with Crippen LogP contribution in [-0.2, 0) is 17.8 Å². The van der Waals surface area contributed by atoms with Crippen LogP contribution in [0.2, 0.25) is 0 Å². The zero-order valence-electron chi connectivity index (χ0n) is 21.0. The Morgan fingerprint density at radius 1 is 1.00 bits per heavy atom. The lowest BCUT2D eigenvalue weighted by atomic mass is 10.1. The number of ether oxygens (including phenoxy) is 2. The standard InChI is InChI=1S/C26H34N6O3/c1-18-22(10-13-26(33)27-17-20-8-9-21(34-3)16-23(20)35-4)19(2)32(30-18)25-12-11-24(28-29-25)31-14-6-5-7-15-31/h8-9,11-12,16H,5-7,10,13-15,17H2,1-4H3,(H,27,33). The van der Waals surface area contributed by atoms with Crippen LogP contribution in [0.3, 0.4) is 0 Å². The van der Waals surface area contributed by atoms with Crippen molar-refractivity contribution >= 4 is 11.7 Å². The van der Waals surface area contributed by atoms with Gasteiger partial charge in [0.15, 0.2) is 11.6 Å². The van der Waals surface area contributed by atoms with Crippen LogP contribution in [0.25, 0.3) is 5.82 Å². The van der Waals surface area contributed by atoms with Crippen LogP contribution in [0.5, 0.6) is 11.5 Å². The molecule has 0 aliphatic carbocycles. The van der Waals surface area contributed by atoms with E-state index < -0.39 is 0 Å². The van der Waals surface area contributed by atoms with Crippen molar-refractivity contribution in [2.75, 3.05) is 32.2 Å². The molecule has 9 heteroatoms. The van der Waals surface area contributed by atoms with Crippen molar-refractivity contribution in [2.24, 2.45) is 0 Å². The molecule has 3 heterocycles. The van der Waals surface area contributed by atoms with Gasteiger partial charge in [0.05, 0.1) is 19.9 Å². The lowest BCUT2D eigenvalue weighted by Gasteiger charge is -2.27. The average Bonchev–Trinajstić information content (AvgIpc) is 3.19. The van der Waals surface area contributed by atoms with Crippen LogP contribution in [0.1, 0.15) is 48.2 Å². The van der Waals surface area contributed by atoms with E-state index in [9.17, 15) is 4.79 Å². The topological polar surface area (TPSA) is 94.4 Å². The number of aryl methyl sites for hydroxylation is 1. The largest absolute Gasteiger partial charge is 0.497 e. The Morgan fingerprint density at radius 3 is 2.43 bits per heavy atom. The summed E-state index contributed by atoms with van der Waals surface area (Å²) in [5.41, 5.74) is 3.83. The van der Waals surface area contributed by atoms with Gasteiger partial charge in [-0.3, -0.25) is 4.79 Å². The van der Waals surface area contributed by atoms with Crippen LogP contribution in [0.15, 0.2) is 30.3 Å². The number of piperidine rings is 1. The number of aromatic nitrogens is 4. The van der Waals surface area contributed by atoms with Crippen molar-refractivity contribution in [1.29, 1.82) is 0 Å². The van der Waals surface area contributed by atoms with Gasteiger partial charge in [0, 0.05) is 43.4 Å². The smallest absolute Gasteiger partial charge is 0.220 e. The van der Waals surface area contributed by atoms with Gasteiger partial charge in [-0.2, -0.15) is 5.10 Å². The summed E-state index contributed by atoms with van der Waals surface area (Å²) >= 11 is 0. The number of carbonyl (C=O) groups is 1. The molecule has 0 bridgehead atoms. The number of hydrogen-bond donors (Lipinski definition) is 1. The maximum atomic E-state index is 12.6. The Kier molecular flexibility index (Phi) is 7.84. The molecule has 1 saturated heterocycles. The number of hydrogen-bond acceptors (Lipinski definition) is 7. The molecule has 0 radical (unpaired) electrons. The van der Waals surface area contributed by atoms with Crippen molar-refractivity contribution in [2.45, 2.75) is 52.5 Å². The summed E-state index contributed by atoms with van der Waals surface area (Å²) in [6.45, 7) is 6.43. The lowest BCUT2D eigenvalue weighted by molar-refractivity contribution is -0.121. The Morgan fingerprint density at radius 2 is 1.74 bits per heavy atom.